The number of halogens is 1. The largest absolute Gasteiger partial charge is 0.493 e. The minimum Gasteiger partial charge on any atom is -0.493 e. The number of ether oxygens (including phenoxy) is 1. The number of fused-ring (bicyclic) bond motifs is 1. The van der Waals surface area contributed by atoms with Crippen molar-refractivity contribution >= 4 is 35.8 Å². The van der Waals surface area contributed by atoms with E-state index in [1.807, 2.05) is 62.4 Å². The van der Waals surface area contributed by atoms with Crippen LogP contribution >= 0.6 is 24.0 Å². The lowest BCUT2D eigenvalue weighted by molar-refractivity contribution is 0.0939. The van der Waals surface area contributed by atoms with Gasteiger partial charge in [0.1, 0.15) is 5.75 Å². The number of nitrogens with one attached hydrogen (secondary N) is 2. The van der Waals surface area contributed by atoms with Crippen LogP contribution in [-0.4, -0.2) is 24.5 Å². The van der Waals surface area contributed by atoms with E-state index in [2.05, 4.69) is 15.6 Å². The van der Waals surface area contributed by atoms with Crippen molar-refractivity contribution in [3.05, 3.63) is 65.2 Å². The standard InChI is InChI=1S/C22H28N4O2.HI/c1-3-15(2)25-21(27)17-8-6-7-16(13-17)14-24-22(23)26-19-11-12-28-20-10-5-4-9-18(19)20;/h4-10,13,15,19H,3,11-12,14H2,1-2H3,(H,25,27)(H3,23,24,26);1H. The monoisotopic (exact) mass is 508 g/mol. The molecular weight excluding hydrogens is 479 g/mol. The van der Waals surface area contributed by atoms with Crippen molar-refractivity contribution in [1.29, 1.82) is 0 Å². The fourth-order valence-electron chi connectivity index (χ4n) is 3.11. The summed E-state index contributed by atoms with van der Waals surface area (Å²) < 4.78 is 5.68. The number of guanidine groups is 1. The number of carbonyl (C=O) groups excluding carboxylic acids is 1. The Morgan fingerprint density at radius 3 is 2.86 bits per heavy atom. The zero-order chi connectivity index (χ0) is 19.9. The summed E-state index contributed by atoms with van der Waals surface area (Å²) in [5.74, 6) is 1.21. The van der Waals surface area contributed by atoms with Crippen LogP contribution in [0.3, 0.4) is 0 Å². The number of carbonyl (C=O) groups is 1. The summed E-state index contributed by atoms with van der Waals surface area (Å²) in [5, 5.41) is 6.26. The van der Waals surface area contributed by atoms with Gasteiger partial charge in [-0.25, -0.2) is 4.99 Å². The SMILES string of the molecule is CCC(C)NC(=O)c1cccc(CN=C(N)NC2CCOc3ccccc32)c1.I. The summed E-state index contributed by atoms with van der Waals surface area (Å²) in [6.45, 7) is 5.10. The Morgan fingerprint density at radius 1 is 1.28 bits per heavy atom. The van der Waals surface area contributed by atoms with Gasteiger partial charge in [-0.15, -0.1) is 24.0 Å². The summed E-state index contributed by atoms with van der Waals surface area (Å²) in [6.07, 6.45) is 1.73. The molecule has 156 valence electrons. The van der Waals surface area contributed by atoms with Gasteiger partial charge >= 0.3 is 0 Å². The maximum absolute atomic E-state index is 12.3. The molecule has 1 aliphatic heterocycles. The lowest BCUT2D eigenvalue weighted by atomic mass is 10.0. The number of para-hydroxylation sites is 1. The Kier molecular flexibility index (Phi) is 8.75. The smallest absolute Gasteiger partial charge is 0.251 e. The average molecular weight is 508 g/mol. The number of benzene rings is 2. The van der Waals surface area contributed by atoms with Crippen LogP contribution in [0.5, 0.6) is 5.75 Å². The van der Waals surface area contributed by atoms with Crippen molar-refractivity contribution in [3.63, 3.8) is 0 Å². The van der Waals surface area contributed by atoms with Gasteiger partial charge in [-0.1, -0.05) is 37.3 Å². The highest BCUT2D eigenvalue weighted by Gasteiger charge is 2.21. The molecule has 0 saturated heterocycles. The summed E-state index contributed by atoms with van der Waals surface area (Å²) >= 11 is 0. The number of nitrogens with zero attached hydrogens (tertiary/aromatic N) is 1. The average Bonchev–Trinajstić information content (AvgIpc) is 2.72. The molecule has 2 unspecified atom stereocenters. The van der Waals surface area contributed by atoms with Crippen molar-refractivity contribution in [2.24, 2.45) is 10.7 Å². The van der Waals surface area contributed by atoms with Crippen molar-refractivity contribution in [1.82, 2.24) is 10.6 Å². The van der Waals surface area contributed by atoms with E-state index in [1.54, 1.807) is 0 Å². The maximum Gasteiger partial charge on any atom is 0.251 e. The fraction of sp³-hybridized carbons (Fsp3) is 0.364. The van der Waals surface area contributed by atoms with Gasteiger partial charge in [-0.2, -0.15) is 0 Å². The molecule has 0 aromatic heterocycles. The number of amides is 1. The highest BCUT2D eigenvalue weighted by atomic mass is 127. The molecule has 6 nitrogen and oxygen atoms in total. The lowest BCUT2D eigenvalue weighted by Crippen LogP contribution is -2.37. The molecular formula is C22H29IN4O2. The quantitative estimate of drug-likeness (QED) is 0.315. The molecule has 7 heteroatoms. The molecule has 29 heavy (non-hydrogen) atoms. The van der Waals surface area contributed by atoms with E-state index in [9.17, 15) is 4.79 Å². The highest BCUT2D eigenvalue weighted by molar-refractivity contribution is 14.0. The van der Waals surface area contributed by atoms with E-state index in [0.29, 0.717) is 24.7 Å². The third-order valence-corrected chi connectivity index (χ3v) is 4.89. The van der Waals surface area contributed by atoms with Crippen LogP contribution in [0.2, 0.25) is 0 Å². The Bertz CT molecular complexity index is 856. The van der Waals surface area contributed by atoms with E-state index in [0.717, 1.165) is 29.7 Å². The van der Waals surface area contributed by atoms with Crippen molar-refractivity contribution in [2.75, 3.05) is 6.61 Å². The van der Waals surface area contributed by atoms with Crippen LogP contribution in [0.1, 0.15) is 54.2 Å². The maximum atomic E-state index is 12.3. The molecule has 2 aromatic rings. The van der Waals surface area contributed by atoms with Crippen LogP contribution in [0, 0.1) is 0 Å². The summed E-state index contributed by atoms with van der Waals surface area (Å²) in [5.41, 5.74) is 8.78. The molecule has 1 heterocycles. The first kappa shape index (κ1) is 23.0. The molecule has 2 atom stereocenters. The van der Waals surface area contributed by atoms with E-state index in [-0.39, 0.29) is 42.0 Å². The number of hydrogen-bond donors (Lipinski definition) is 3. The van der Waals surface area contributed by atoms with Crippen LogP contribution < -0.4 is 21.1 Å². The molecule has 0 aliphatic carbocycles. The van der Waals surface area contributed by atoms with E-state index < -0.39 is 0 Å². The Labute approximate surface area is 189 Å². The van der Waals surface area contributed by atoms with E-state index in [1.165, 1.54) is 0 Å². The van der Waals surface area contributed by atoms with Crippen LogP contribution in [-0.2, 0) is 6.54 Å². The molecule has 0 radical (unpaired) electrons. The van der Waals surface area contributed by atoms with Crippen LogP contribution in [0.25, 0.3) is 0 Å². The second kappa shape index (κ2) is 11.0. The van der Waals surface area contributed by atoms with E-state index >= 15 is 0 Å². The van der Waals surface area contributed by atoms with Crippen LogP contribution in [0.4, 0.5) is 0 Å². The van der Waals surface area contributed by atoms with Crippen molar-refractivity contribution in [3.8, 4) is 5.75 Å². The molecule has 2 aromatic carbocycles. The predicted octanol–water partition coefficient (Wildman–Crippen LogP) is 3.76. The molecule has 1 aliphatic rings. The number of rotatable bonds is 6. The van der Waals surface area contributed by atoms with Gasteiger partial charge in [0, 0.05) is 23.6 Å². The molecule has 0 fully saturated rings. The molecule has 4 N–H and O–H groups in total. The minimum atomic E-state index is -0.0647. The van der Waals surface area contributed by atoms with Crippen molar-refractivity contribution < 1.29 is 9.53 Å². The van der Waals surface area contributed by atoms with Gasteiger partial charge in [-0.3, -0.25) is 4.79 Å². The molecule has 0 spiro atoms. The summed E-state index contributed by atoms with van der Waals surface area (Å²) in [4.78, 5) is 16.7. The number of aliphatic imine (C=N–C) groups is 1. The van der Waals surface area contributed by atoms with Crippen LogP contribution in [0.15, 0.2) is 53.5 Å². The lowest BCUT2D eigenvalue weighted by Gasteiger charge is -2.26. The fourth-order valence-corrected chi connectivity index (χ4v) is 3.11. The van der Waals surface area contributed by atoms with Gasteiger partial charge in [0.25, 0.3) is 5.91 Å². The predicted molar refractivity (Wildman–Crippen MR) is 127 cm³/mol. The summed E-state index contributed by atoms with van der Waals surface area (Å²) in [7, 11) is 0. The zero-order valence-electron chi connectivity index (χ0n) is 16.9. The topological polar surface area (TPSA) is 88.7 Å². The molecule has 0 bridgehead atoms. The van der Waals surface area contributed by atoms with Gasteiger partial charge < -0.3 is 21.1 Å². The Morgan fingerprint density at radius 2 is 2.07 bits per heavy atom. The third-order valence-electron chi connectivity index (χ3n) is 4.89. The zero-order valence-corrected chi connectivity index (χ0v) is 19.2. The first-order valence-corrected chi connectivity index (χ1v) is 9.74. The normalized spacial score (nSPS) is 16.6. The number of nitrogens with two attached hydrogens (primary N) is 1. The van der Waals surface area contributed by atoms with Crippen molar-refractivity contribution in [2.45, 2.75) is 45.3 Å². The Hall–Kier alpha value is -2.29. The second-order valence-electron chi connectivity index (χ2n) is 7.06. The van der Waals surface area contributed by atoms with E-state index in [4.69, 9.17) is 10.5 Å². The molecule has 3 rings (SSSR count). The van der Waals surface area contributed by atoms with Gasteiger partial charge in [0.2, 0.25) is 0 Å². The third kappa shape index (κ3) is 6.35. The molecule has 0 saturated carbocycles. The highest BCUT2D eigenvalue weighted by Crippen LogP contribution is 2.31. The van der Waals surface area contributed by atoms with Gasteiger partial charge in [0.15, 0.2) is 5.96 Å². The minimum absolute atomic E-state index is 0. The second-order valence-corrected chi connectivity index (χ2v) is 7.06. The number of hydrogen-bond acceptors (Lipinski definition) is 3. The summed E-state index contributed by atoms with van der Waals surface area (Å²) in [6, 6.07) is 15.7. The molecule has 1 amide bonds. The van der Waals surface area contributed by atoms with Gasteiger partial charge in [0.05, 0.1) is 19.2 Å². The first-order valence-electron chi connectivity index (χ1n) is 9.74. The van der Waals surface area contributed by atoms with Gasteiger partial charge in [-0.05, 0) is 37.1 Å². The first-order chi connectivity index (χ1) is 13.6. The Balaban J connectivity index is 0.00000300.